The molecule has 13 aromatic rings. The minimum atomic E-state index is -4.82. The summed E-state index contributed by atoms with van der Waals surface area (Å²) in [5.41, 5.74) is 13.3. The first kappa shape index (κ1) is 48.3. The average molecular weight is 1030 g/mol. The largest absolute Gasteiger partial charge is 0.416 e. The monoisotopic (exact) mass is 1030 g/mol. The minimum absolute atomic E-state index is 0.239. The third kappa shape index (κ3) is 8.44. The van der Waals surface area contributed by atoms with Crippen molar-refractivity contribution in [3.63, 3.8) is 0 Å². The summed E-state index contributed by atoms with van der Waals surface area (Å²) in [6.45, 7) is 0. The second kappa shape index (κ2) is 19.4. The van der Waals surface area contributed by atoms with Crippen LogP contribution in [0.25, 0.3) is 122 Å². The molecule has 0 radical (unpaired) electrons. The molecule has 0 aliphatic heterocycles. The fraction of sp³-hybridized carbons (Fsp3) is 0.0143. The van der Waals surface area contributed by atoms with Crippen LogP contribution in [0, 0.1) is 45.3 Å². The van der Waals surface area contributed by atoms with Gasteiger partial charge in [-0.15, -0.1) is 0 Å². The lowest BCUT2D eigenvalue weighted by Gasteiger charge is -2.22. The molecule has 0 N–H and O–H groups in total. The van der Waals surface area contributed by atoms with Crippen LogP contribution in [-0.4, -0.2) is 14.1 Å². The van der Waals surface area contributed by atoms with E-state index >= 15 is 13.2 Å². The van der Waals surface area contributed by atoms with Gasteiger partial charge in [-0.1, -0.05) is 109 Å². The second-order valence-electron chi connectivity index (χ2n) is 19.5. The highest BCUT2D eigenvalue weighted by molar-refractivity contribution is 6.14. The van der Waals surface area contributed by atoms with E-state index in [4.69, 9.17) is 4.98 Å². The van der Waals surface area contributed by atoms with Crippen LogP contribution in [0.5, 0.6) is 0 Å². The number of aromatic nitrogens is 3. The molecule has 0 aliphatic carbocycles. The zero-order chi connectivity index (χ0) is 54.6. The Hall–Kier alpha value is -11.3. The number of fused-ring (bicyclic) bond motifs is 6. The third-order valence-electron chi connectivity index (χ3n) is 14.9. The van der Waals surface area contributed by atoms with Crippen LogP contribution >= 0.6 is 0 Å². The van der Waals surface area contributed by atoms with Crippen LogP contribution < -0.4 is 0 Å². The van der Waals surface area contributed by atoms with E-state index in [0.717, 1.165) is 71.6 Å². The maximum atomic E-state index is 16.2. The zero-order valence-corrected chi connectivity index (χ0v) is 42.2. The van der Waals surface area contributed by atoms with Gasteiger partial charge in [0.15, 0.2) is 0 Å². The summed E-state index contributed by atoms with van der Waals surface area (Å²) < 4.78 is 52.3. The van der Waals surface area contributed by atoms with Crippen molar-refractivity contribution in [2.75, 3.05) is 0 Å². The number of benzene rings is 10. The van der Waals surface area contributed by atoms with Crippen molar-refractivity contribution in [3.8, 4) is 103 Å². The number of halogens is 3. The molecule has 0 saturated heterocycles. The van der Waals surface area contributed by atoms with Crippen molar-refractivity contribution >= 4 is 43.6 Å². The predicted octanol–water partition coefficient (Wildman–Crippen LogP) is 17.8. The quantitative estimate of drug-likeness (QED) is 0.150. The molecule has 0 atom stereocenters. The van der Waals surface area contributed by atoms with Gasteiger partial charge in [-0.3, -0.25) is 0 Å². The number of nitrogens with zero attached hydrogens (tertiary/aromatic N) is 7. The van der Waals surface area contributed by atoms with E-state index < -0.39 is 11.7 Å². The molecule has 80 heavy (non-hydrogen) atoms. The Morgan fingerprint density at radius 3 is 0.938 bits per heavy atom. The van der Waals surface area contributed by atoms with Gasteiger partial charge in [0.05, 0.1) is 96.9 Å². The lowest BCUT2D eigenvalue weighted by atomic mass is 9.99. The van der Waals surface area contributed by atoms with Crippen LogP contribution in [0.4, 0.5) is 13.2 Å². The first-order chi connectivity index (χ1) is 39.1. The molecule has 0 spiro atoms. The maximum absolute atomic E-state index is 16.2. The lowest BCUT2D eigenvalue weighted by Crippen LogP contribution is -2.11. The topological polar surface area (TPSA) is 118 Å². The van der Waals surface area contributed by atoms with E-state index in [2.05, 4.69) is 24.3 Å². The van der Waals surface area contributed by atoms with Crippen molar-refractivity contribution in [2.45, 2.75) is 6.18 Å². The van der Waals surface area contributed by atoms with Crippen LogP contribution in [-0.2, 0) is 6.18 Å². The molecule has 10 aromatic carbocycles. The first-order valence-corrected chi connectivity index (χ1v) is 25.5. The Kier molecular flexibility index (Phi) is 11.7. The molecule has 3 heterocycles. The highest BCUT2D eigenvalue weighted by Gasteiger charge is 2.35. The normalized spacial score (nSPS) is 11.4. The van der Waals surface area contributed by atoms with Gasteiger partial charge in [-0.2, -0.15) is 34.2 Å². The van der Waals surface area contributed by atoms with Gasteiger partial charge in [0.1, 0.15) is 0 Å². The van der Waals surface area contributed by atoms with Gasteiger partial charge in [-0.05, 0) is 166 Å². The minimum Gasteiger partial charge on any atom is -0.308 e. The summed E-state index contributed by atoms with van der Waals surface area (Å²) in [6.07, 6.45) is -4.82. The standard InChI is InChI=1S/C70H38F3N7/c71-70(72,73)56-37-67(79-63-29-25-52(47-17-9-43(39-74)10-18-47)33-57(63)58-34-53(26-30-64(58)79)48-19-11-44(40-75)12-20-48)69(62-8-4-7-61(78-62)51-5-2-1-3-6-51)68(38-56)80-65-31-27-54(49-21-13-45(41-76)14-22-49)35-59(65)60-36-55(28-32-66(60)80)50-23-15-46(42-77)16-24-50/h1-38H. The predicted molar refractivity (Wildman–Crippen MR) is 309 cm³/mol. The number of nitriles is 4. The van der Waals surface area contributed by atoms with Gasteiger partial charge in [0.2, 0.25) is 0 Å². The van der Waals surface area contributed by atoms with E-state index in [1.807, 2.05) is 179 Å². The van der Waals surface area contributed by atoms with Crippen LogP contribution in [0.15, 0.2) is 231 Å². The fourth-order valence-electron chi connectivity index (χ4n) is 11.0. The Labute approximate surface area is 457 Å². The fourth-order valence-corrected chi connectivity index (χ4v) is 11.0. The van der Waals surface area contributed by atoms with Crippen LogP contribution in [0.2, 0.25) is 0 Å². The van der Waals surface area contributed by atoms with Crippen molar-refractivity contribution in [2.24, 2.45) is 0 Å². The lowest BCUT2D eigenvalue weighted by molar-refractivity contribution is -0.137. The molecular weight excluding hydrogens is 996 g/mol. The van der Waals surface area contributed by atoms with E-state index in [0.29, 0.717) is 61.3 Å². The number of pyridine rings is 1. The zero-order valence-electron chi connectivity index (χ0n) is 42.2. The summed E-state index contributed by atoms with van der Waals surface area (Å²) in [7, 11) is 0. The SMILES string of the molecule is N#Cc1ccc(-c2ccc3c(c2)c2cc(-c4ccc(C#N)cc4)ccc2n3-c2cc(C(F)(F)F)cc(-n3c4ccc(-c5ccc(C#N)cc5)cc4c4cc(-c5ccc(C#N)cc5)ccc43)c2-c2cccc(-c3ccccc3)n2)cc1. The van der Waals surface area contributed by atoms with E-state index in [9.17, 15) is 21.0 Å². The highest BCUT2D eigenvalue weighted by Crippen LogP contribution is 2.47. The maximum Gasteiger partial charge on any atom is 0.416 e. The summed E-state index contributed by atoms with van der Waals surface area (Å²) in [5, 5.41) is 41.6. The van der Waals surface area contributed by atoms with E-state index in [1.54, 1.807) is 48.5 Å². The first-order valence-electron chi connectivity index (χ1n) is 25.5. The van der Waals surface area contributed by atoms with Gasteiger partial charge in [-0.25, -0.2) is 4.98 Å². The molecule has 3 aromatic heterocycles. The molecule has 0 bridgehead atoms. The second-order valence-corrected chi connectivity index (χ2v) is 19.5. The molecular formula is C70H38F3N7. The summed E-state index contributed by atoms with van der Waals surface area (Å²) in [6, 6.07) is 79.4. The molecule has 10 heteroatoms. The van der Waals surface area contributed by atoms with Crippen LogP contribution in [0.3, 0.4) is 0 Å². The third-order valence-corrected chi connectivity index (χ3v) is 14.9. The smallest absolute Gasteiger partial charge is 0.308 e. The van der Waals surface area contributed by atoms with Crippen molar-refractivity contribution in [1.82, 2.24) is 14.1 Å². The molecule has 0 amide bonds. The van der Waals surface area contributed by atoms with Crippen LogP contribution in [0.1, 0.15) is 27.8 Å². The molecule has 0 saturated carbocycles. The van der Waals surface area contributed by atoms with Crippen molar-refractivity contribution in [1.29, 1.82) is 21.0 Å². The molecule has 0 unspecified atom stereocenters. The van der Waals surface area contributed by atoms with Gasteiger partial charge in [0, 0.05) is 32.7 Å². The Morgan fingerprint density at radius 2 is 0.625 bits per heavy atom. The van der Waals surface area contributed by atoms with Crippen molar-refractivity contribution in [3.05, 3.63) is 258 Å². The molecule has 374 valence electrons. The van der Waals surface area contributed by atoms with Gasteiger partial charge >= 0.3 is 6.18 Å². The molecule has 0 fully saturated rings. The number of hydrogen-bond donors (Lipinski definition) is 0. The highest BCUT2D eigenvalue weighted by atomic mass is 19.4. The molecule has 0 aliphatic rings. The van der Waals surface area contributed by atoms with Crippen molar-refractivity contribution < 1.29 is 13.2 Å². The average Bonchev–Trinajstić information content (AvgIpc) is 3.84. The van der Waals surface area contributed by atoms with Gasteiger partial charge in [0.25, 0.3) is 0 Å². The number of alkyl halides is 3. The number of hydrogen-bond acceptors (Lipinski definition) is 5. The molecule has 7 nitrogen and oxygen atoms in total. The van der Waals surface area contributed by atoms with E-state index in [1.165, 1.54) is 12.1 Å². The van der Waals surface area contributed by atoms with Gasteiger partial charge < -0.3 is 9.13 Å². The summed E-state index contributed by atoms with van der Waals surface area (Å²) in [4.78, 5) is 5.34. The number of rotatable bonds is 8. The summed E-state index contributed by atoms with van der Waals surface area (Å²) >= 11 is 0. The summed E-state index contributed by atoms with van der Waals surface area (Å²) in [5.74, 6) is 0. The Balaban J connectivity index is 1.15. The Bertz CT molecular complexity index is 4330. The Morgan fingerprint density at radius 1 is 0.312 bits per heavy atom. The molecule has 13 rings (SSSR count). The van der Waals surface area contributed by atoms with E-state index in [-0.39, 0.29) is 11.4 Å².